The summed E-state index contributed by atoms with van der Waals surface area (Å²) in [5.41, 5.74) is 0.520. The van der Waals surface area contributed by atoms with Crippen molar-refractivity contribution in [2.24, 2.45) is 0 Å². The number of hydrogen-bond acceptors (Lipinski definition) is 7. The summed E-state index contributed by atoms with van der Waals surface area (Å²) in [6.07, 6.45) is -1.15. The summed E-state index contributed by atoms with van der Waals surface area (Å²) >= 11 is 6.07. The molecule has 0 atom stereocenters. The molecular weight excluding hydrogens is 534 g/mol. The van der Waals surface area contributed by atoms with Crippen molar-refractivity contribution in [1.82, 2.24) is 19.9 Å². The Morgan fingerprint density at radius 1 is 0.949 bits per heavy atom. The molecule has 2 aliphatic rings. The molecule has 0 unspecified atom stereocenters. The Kier molecular flexibility index (Phi) is 7.82. The molecule has 208 valence electrons. The van der Waals surface area contributed by atoms with Gasteiger partial charge in [-0.15, -0.1) is 0 Å². The largest absolute Gasteiger partial charge is 0.419 e. The lowest BCUT2D eigenvalue weighted by Gasteiger charge is -2.38. The topological polar surface area (TPSA) is 51.6 Å². The number of benzene rings is 1. The summed E-state index contributed by atoms with van der Waals surface area (Å²) < 4.78 is 54.6. The number of alkyl halides is 3. The lowest BCUT2D eigenvalue weighted by atomic mass is 10.0. The van der Waals surface area contributed by atoms with E-state index in [1.165, 1.54) is 18.3 Å². The lowest BCUT2D eigenvalue weighted by Crippen LogP contribution is -2.48. The van der Waals surface area contributed by atoms with Crippen LogP contribution in [-0.2, 0) is 6.18 Å². The first-order valence-electron chi connectivity index (χ1n) is 12.9. The molecule has 0 bridgehead atoms. The van der Waals surface area contributed by atoms with Gasteiger partial charge in [-0.05, 0) is 63.3 Å². The van der Waals surface area contributed by atoms with Crippen molar-refractivity contribution < 1.29 is 17.6 Å². The molecule has 0 aliphatic carbocycles. The highest BCUT2D eigenvalue weighted by molar-refractivity contribution is 6.31. The van der Waals surface area contributed by atoms with Crippen LogP contribution in [0, 0.1) is 5.82 Å². The van der Waals surface area contributed by atoms with E-state index in [9.17, 15) is 17.6 Å². The van der Waals surface area contributed by atoms with Crippen LogP contribution in [0.1, 0.15) is 18.4 Å². The van der Waals surface area contributed by atoms with E-state index in [0.717, 1.165) is 32.0 Å². The Balaban J connectivity index is 1.43. The van der Waals surface area contributed by atoms with Crippen LogP contribution in [0.3, 0.4) is 0 Å². The molecule has 12 heteroatoms. The van der Waals surface area contributed by atoms with Gasteiger partial charge in [0.15, 0.2) is 0 Å². The van der Waals surface area contributed by atoms with E-state index < -0.39 is 17.6 Å². The normalized spacial score (nSPS) is 17.5. The number of hydrogen-bond donors (Lipinski definition) is 0. The average Bonchev–Trinajstić information content (AvgIpc) is 2.94. The molecule has 0 amide bonds. The zero-order valence-corrected chi connectivity index (χ0v) is 22.6. The second-order valence-corrected chi connectivity index (χ2v) is 10.4. The van der Waals surface area contributed by atoms with Gasteiger partial charge in [0.25, 0.3) is 0 Å². The number of piperidine rings is 1. The average molecular weight is 564 g/mol. The minimum Gasteiger partial charge on any atom is -0.353 e. The molecule has 2 aromatic heterocycles. The predicted octanol–water partition coefficient (Wildman–Crippen LogP) is 5.21. The molecule has 2 aliphatic heterocycles. The van der Waals surface area contributed by atoms with Crippen molar-refractivity contribution in [3.05, 3.63) is 59.0 Å². The number of rotatable bonds is 5. The van der Waals surface area contributed by atoms with E-state index in [2.05, 4.69) is 21.8 Å². The zero-order chi connectivity index (χ0) is 27.7. The third-order valence-electron chi connectivity index (χ3n) is 7.46. The molecule has 39 heavy (non-hydrogen) atoms. The van der Waals surface area contributed by atoms with E-state index in [4.69, 9.17) is 21.6 Å². The monoisotopic (exact) mass is 563 g/mol. The fraction of sp³-hybridized carbons (Fsp3) is 0.444. The maximum atomic E-state index is 13.9. The molecule has 3 aromatic rings. The van der Waals surface area contributed by atoms with Crippen LogP contribution in [0.15, 0.2) is 42.6 Å². The Morgan fingerprint density at radius 3 is 2.31 bits per heavy atom. The molecular formula is C27H30ClF4N7. The van der Waals surface area contributed by atoms with Gasteiger partial charge in [-0.3, -0.25) is 0 Å². The van der Waals surface area contributed by atoms with E-state index in [1.54, 1.807) is 17.0 Å². The summed E-state index contributed by atoms with van der Waals surface area (Å²) in [6.45, 7) is 3.55. The third-order valence-corrected chi connectivity index (χ3v) is 7.75. The zero-order valence-electron chi connectivity index (χ0n) is 21.8. The van der Waals surface area contributed by atoms with Gasteiger partial charge in [0.2, 0.25) is 5.95 Å². The van der Waals surface area contributed by atoms with Crippen LogP contribution in [0.2, 0.25) is 5.02 Å². The van der Waals surface area contributed by atoms with Crippen LogP contribution >= 0.6 is 11.6 Å². The molecule has 5 rings (SSSR count). The van der Waals surface area contributed by atoms with Gasteiger partial charge in [-0.25, -0.2) is 14.4 Å². The molecule has 0 N–H and O–H groups in total. The number of piperazine rings is 1. The number of nitrogens with zero attached hydrogens (tertiary/aromatic N) is 7. The first-order chi connectivity index (χ1) is 18.6. The van der Waals surface area contributed by atoms with Crippen molar-refractivity contribution in [2.45, 2.75) is 25.1 Å². The first-order valence-corrected chi connectivity index (χ1v) is 13.3. The van der Waals surface area contributed by atoms with E-state index in [-0.39, 0.29) is 16.9 Å². The van der Waals surface area contributed by atoms with Crippen LogP contribution in [-0.4, -0.2) is 79.3 Å². The standard InChI is InChI=1S/C27H30ClF4N7/c1-36-10-7-19(8-11-36)37(2)26-34-23(18-5-6-22(29)21(28)16-18)17-24(35-26)38-12-14-39(15-13-38)25-20(27(30,31)32)4-3-9-33-25/h3-6,9,16-17,19H,7-8,10-15H2,1-2H3. The van der Waals surface area contributed by atoms with Gasteiger partial charge in [-0.2, -0.15) is 18.2 Å². The summed E-state index contributed by atoms with van der Waals surface area (Å²) in [5, 5.41) is 0.00216. The van der Waals surface area contributed by atoms with Gasteiger partial charge in [-0.1, -0.05) is 11.6 Å². The highest BCUT2D eigenvalue weighted by Gasteiger charge is 2.36. The quantitative estimate of drug-likeness (QED) is 0.395. The van der Waals surface area contributed by atoms with Crippen molar-refractivity contribution in [3.8, 4) is 11.3 Å². The fourth-order valence-electron chi connectivity index (χ4n) is 5.11. The second-order valence-electron chi connectivity index (χ2n) is 10.0. The maximum absolute atomic E-state index is 13.9. The SMILES string of the molecule is CN1CCC(N(C)c2nc(-c3ccc(F)c(Cl)c3)cc(N3CCN(c4ncccc4C(F)(F)F)CC3)n2)CC1. The Morgan fingerprint density at radius 2 is 1.64 bits per heavy atom. The van der Waals surface area contributed by atoms with Gasteiger partial charge in [0.1, 0.15) is 17.5 Å². The first kappa shape index (κ1) is 27.4. The molecule has 4 heterocycles. The van der Waals surface area contributed by atoms with E-state index >= 15 is 0 Å². The summed E-state index contributed by atoms with van der Waals surface area (Å²) in [7, 11) is 4.08. The fourth-order valence-corrected chi connectivity index (χ4v) is 5.29. The minimum absolute atomic E-state index is 0.00216. The number of aromatic nitrogens is 3. The van der Waals surface area contributed by atoms with Crippen molar-refractivity contribution in [3.63, 3.8) is 0 Å². The molecule has 2 fully saturated rings. The van der Waals surface area contributed by atoms with Crippen LogP contribution < -0.4 is 14.7 Å². The molecule has 7 nitrogen and oxygen atoms in total. The highest BCUT2D eigenvalue weighted by Crippen LogP contribution is 2.36. The van der Waals surface area contributed by atoms with Crippen LogP contribution in [0.25, 0.3) is 11.3 Å². The Bertz CT molecular complexity index is 1310. The maximum Gasteiger partial charge on any atom is 0.419 e. The van der Waals surface area contributed by atoms with Gasteiger partial charge >= 0.3 is 6.18 Å². The Labute approximate surface area is 230 Å². The number of likely N-dealkylation sites (tertiary alicyclic amines) is 1. The molecule has 0 saturated carbocycles. The molecule has 0 radical (unpaired) electrons. The Hall–Kier alpha value is -3.18. The minimum atomic E-state index is -4.48. The second kappa shape index (κ2) is 11.1. The molecule has 1 aromatic carbocycles. The van der Waals surface area contributed by atoms with Crippen LogP contribution in [0.4, 0.5) is 35.1 Å². The highest BCUT2D eigenvalue weighted by atomic mass is 35.5. The molecule has 0 spiro atoms. The van der Waals surface area contributed by atoms with E-state index in [0.29, 0.717) is 49.2 Å². The van der Waals surface area contributed by atoms with E-state index in [1.807, 2.05) is 18.0 Å². The van der Waals surface area contributed by atoms with Crippen molar-refractivity contribution >= 4 is 29.2 Å². The number of pyridine rings is 1. The van der Waals surface area contributed by atoms with Crippen LogP contribution in [0.5, 0.6) is 0 Å². The summed E-state index contributed by atoms with van der Waals surface area (Å²) in [5.74, 6) is 0.634. The third kappa shape index (κ3) is 6.04. The summed E-state index contributed by atoms with van der Waals surface area (Å²) in [4.78, 5) is 21.8. The lowest BCUT2D eigenvalue weighted by molar-refractivity contribution is -0.137. The predicted molar refractivity (Wildman–Crippen MR) is 145 cm³/mol. The summed E-state index contributed by atoms with van der Waals surface area (Å²) in [6, 6.07) is 8.93. The van der Waals surface area contributed by atoms with Gasteiger partial charge in [0.05, 0.1) is 16.3 Å². The van der Waals surface area contributed by atoms with Crippen molar-refractivity contribution in [1.29, 1.82) is 0 Å². The van der Waals surface area contributed by atoms with Crippen molar-refractivity contribution in [2.75, 3.05) is 68.1 Å². The molecule has 2 saturated heterocycles. The number of halogens is 5. The smallest absolute Gasteiger partial charge is 0.353 e. The number of anilines is 3. The van der Waals surface area contributed by atoms with Gasteiger partial charge < -0.3 is 19.6 Å². The van der Waals surface area contributed by atoms with Gasteiger partial charge in [0, 0.05) is 57.1 Å².